The third kappa shape index (κ3) is 4.64. The molecule has 1 heterocycles. The van der Waals surface area contributed by atoms with Gasteiger partial charge in [0.2, 0.25) is 5.88 Å². The van der Waals surface area contributed by atoms with Crippen molar-refractivity contribution in [2.75, 3.05) is 6.61 Å². The summed E-state index contributed by atoms with van der Waals surface area (Å²) >= 11 is 6.17. The maximum absolute atomic E-state index is 6.17. The van der Waals surface area contributed by atoms with Crippen molar-refractivity contribution in [1.82, 2.24) is 9.97 Å². The molecule has 1 aromatic heterocycles. The summed E-state index contributed by atoms with van der Waals surface area (Å²) < 4.78 is 5.83. The van der Waals surface area contributed by atoms with E-state index in [1.54, 1.807) is 0 Å². The highest BCUT2D eigenvalue weighted by atomic mass is 35.5. The first kappa shape index (κ1) is 16.2. The van der Waals surface area contributed by atoms with Gasteiger partial charge in [-0.05, 0) is 19.3 Å². The van der Waals surface area contributed by atoms with E-state index in [1.807, 2.05) is 6.92 Å². The third-order valence-corrected chi connectivity index (χ3v) is 3.37. The molecular formula is C15H25ClN2O. The molecule has 0 amide bonds. The maximum atomic E-state index is 6.17. The second-order valence-electron chi connectivity index (χ2n) is 6.22. The van der Waals surface area contributed by atoms with Crippen LogP contribution in [-0.4, -0.2) is 16.6 Å². The average molecular weight is 285 g/mol. The Hall–Kier alpha value is -0.830. The molecule has 0 saturated heterocycles. The van der Waals surface area contributed by atoms with Gasteiger partial charge in [0.05, 0.1) is 6.61 Å². The van der Waals surface area contributed by atoms with Crippen molar-refractivity contribution >= 4 is 11.6 Å². The summed E-state index contributed by atoms with van der Waals surface area (Å²) in [6.45, 7) is 13.1. The lowest BCUT2D eigenvalue weighted by Crippen LogP contribution is -2.18. The van der Waals surface area contributed by atoms with Gasteiger partial charge in [-0.25, -0.2) is 4.98 Å². The van der Waals surface area contributed by atoms with Crippen molar-refractivity contribution in [3.05, 3.63) is 16.5 Å². The van der Waals surface area contributed by atoms with Crippen LogP contribution in [0.3, 0.4) is 0 Å². The summed E-state index contributed by atoms with van der Waals surface area (Å²) in [5.74, 6) is 1.87. The van der Waals surface area contributed by atoms with Gasteiger partial charge in [-0.3, -0.25) is 0 Å². The minimum Gasteiger partial charge on any atom is -0.477 e. The van der Waals surface area contributed by atoms with Crippen LogP contribution >= 0.6 is 11.6 Å². The first-order valence-electron chi connectivity index (χ1n) is 6.93. The van der Waals surface area contributed by atoms with Gasteiger partial charge in [0.15, 0.2) is 0 Å². The Kier molecular flexibility index (Phi) is 5.60. The third-order valence-electron chi connectivity index (χ3n) is 3.00. The quantitative estimate of drug-likeness (QED) is 0.744. The van der Waals surface area contributed by atoms with E-state index in [4.69, 9.17) is 16.3 Å². The summed E-state index contributed by atoms with van der Waals surface area (Å²) in [6.07, 6.45) is 2.32. The van der Waals surface area contributed by atoms with Crippen molar-refractivity contribution in [2.45, 2.75) is 59.8 Å². The molecule has 0 N–H and O–H groups in total. The summed E-state index contributed by atoms with van der Waals surface area (Å²) in [5, 5.41) is 0.484. The van der Waals surface area contributed by atoms with Gasteiger partial charge in [0.1, 0.15) is 11.0 Å². The minimum absolute atomic E-state index is 0.134. The predicted molar refractivity (Wildman–Crippen MR) is 80.0 cm³/mol. The maximum Gasteiger partial charge on any atom is 0.221 e. The van der Waals surface area contributed by atoms with Gasteiger partial charge in [-0.1, -0.05) is 52.6 Å². The molecule has 0 spiro atoms. The minimum atomic E-state index is -0.134. The SMILES string of the molecule is CCCC(C)COc1nc(C(C)(C)C)nc(Cl)c1C. The van der Waals surface area contributed by atoms with Crippen molar-refractivity contribution < 1.29 is 4.74 Å². The summed E-state index contributed by atoms with van der Waals surface area (Å²) in [4.78, 5) is 8.86. The van der Waals surface area contributed by atoms with Crippen molar-refractivity contribution in [1.29, 1.82) is 0 Å². The fraction of sp³-hybridized carbons (Fsp3) is 0.733. The standard InChI is InChI=1S/C15H25ClN2O/c1-7-8-10(2)9-19-13-11(3)12(16)17-14(18-13)15(4,5)6/h10H,7-9H2,1-6H3. The summed E-state index contributed by atoms with van der Waals surface area (Å²) in [5.41, 5.74) is 0.683. The Morgan fingerprint density at radius 3 is 2.42 bits per heavy atom. The zero-order chi connectivity index (χ0) is 14.6. The van der Waals surface area contributed by atoms with E-state index in [0.29, 0.717) is 23.6 Å². The predicted octanol–water partition coefficient (Wildman–Crippen LogP) is 4.55. The summed E-state index contributed by atoms with van der Waals surface area (Å²) in [7, 11) is 0. The molecule has 1 atom stereocenters. The monoisotopic (exact) mass is 284 g/mol. The fourth-order valence-electron chi connectivity index (χ4n) is 1.74. The van der Waals surface area contributed by atoms with Gasteiger partial charge in [0.25, 0.3) is 0 Å². The van der Waals surface area contributed by atoms with E-state index in [-0.39, 0.29) is 5.41 Å². The highest BCUT2D eigenvalue weighted by Gasteiger charge is 2.21. The van der Waals surface area contributed by atoms with Crippen LogP contribution in [0.5, 0.6) is 5.88 Å². The Labute approximate surface area is 121 Å². The number of aromatic nitrogens is 2. The second-order valence-corrected chi connectivity index (χ2v) is 6.58. The Bertz CT molecular complexity index is 427. The number of rotatable bonds is 5. The van der Waals surface area contributed by atoms with Crippen LogP contribution in [0.2, 0.25) is 5.15 Å². The summed E-state index contributed by atoms with van der Waals surface area (Å²) in [6, 6.07) is 0. The van der Waals surface area contributed by atoms with Gasteiger partial charge in [0, 0.05) is 11.0 Å². The zero-order valence-electron chi connectivity index (χ0n) is 12.9. The second kappa shape index (κ2) is 6.56. The molecule has 0 aliphatic carbocycles. The molecular weight excluding hydrogens is 260 g/mol. The zero-order valence-corrected chi connectivity index (χ0v) is 13.6. The molecule has 1 unspecified atom stereocenters. The molecule has 0 aromatic carbocycles. The van der Waals surface area contributed by atoms with E-state index in [1.165, 1.54) is 6.42 Å². The highest BCUT2D eigenvalue weighted by Crippen LogP contribution is 2.27. The number of ether oxygens (including phenoxy) is 1. The van der Waals surface area contributed by atoms with Crippen LogP contribution in [0.15, 0.2) is 0 Å². The molecule has 1 rings (SSSR count). The molecule has 0 radical (unpaired) electrons. The molecule has 0 saturated carbocycles. The molecule has 3 nitrogen and oxygen atoms in total. The van der Waals surface area contributed by atoms with Crippen LogP contribution in [0.25, 0.3) is 0 Å². The first-order chi connectivity index (χ1) is 8.75. The Balaban J connectivity index is 2.91. The fourth-order valence-corrected chi connectivity index (χ4v) is 1.90. The molecule has 108 valence electrons. The van der Waals surface area contributed by atoms with Crippen LogP contribution in [-0.2, 0) is 5.41 Å². The van der Waals surface area contributed by atoms with Crippen molar-refractivity contribution in [3.63, 3.8) is 0 Å². The van der Waals surface area contributed by atoms with E-state index in [2.05, 4.69) is 44.6 Å². The number of hydrogen-bond donors (Lipinski definition) is 0. The molecule has 4 heteroatoms. The topological polar surface area (TPSA) is 35.0 Å². The molecule has 0 aliphatic heterocycles. The molecule has 0 bridgehead atoms. The first-order valence-corrected chi connectivity index (χ1v) is 7.31. The number of halogens is 1. The lowest BCUT2D eigenvalue weighted by Gasteiger charge is -2.19. The van der Waals surface area contributed by atoms with Crippen molar-refractivity contribution in [3.8, 4) is 5.88 Å². The van der Waals surface area contributed by atoms with Crippen LogP contribution in [0, 0.1) is 12.8 Å². The lowest BCUT2D eigenvalue weighted by atomic mass is 9.96. The van der Waals surface area contributed by atoms with Crippen LogP contribution in [0.1, 0.15) is 58.8 Å². The van der Waals surface area contributed by atoms with Crippen LogP contribution in [0.4, 0.5) is 0 Å². The number of hydrogen-bond acceptors (Lipinski definition) is 3. The smallest absolute Gasteiger partial charge is 0.221 e. The van der Waals surface area contributed by atoms with E-state index < -0.39 is 0 Å². The van der Waals surface area contributed by atoms with Crippen molar-refractivity contribution in [2.24, 2.45) is 5.92 Å². The molecule has 0 fully saturated rings. The largest absolute Gasteiger partial charge is 0.477 e. The van der Waals surface area contributed by atoms with E-state index in [0.717, 1.165) is 17.8 Å². The normalized spacial score (nSPS) is 13.4. The van der Waals surface area contributed by atoms with E-state index >= 15 is 0 Å². The number of nitrogens with zero attached hydrogens (tertiary/aromatic N) is 2. The Morgan fingerprint density at radius 2 is 1.89 bits per heavy atom. The molecule has 1 aromatic rings. The van der Waals surface area contributed by atoms with Gasteiger partial charge in [-0.15, -0.1) is 0 Å². The Morgan fingerprint density at radius 1 is 1.26 bits per heavy atom. The van der Waals surface area contributed by atoms with Gasteiger partial charge >= 0.3 is 0 Å². The lowest BCUT2D eigenvalue weighted by molar-refractivity contribution is 0.239. The van der Waals surface area contributed by atoms with Gasteiger partial charge < -0.3 is 4.74 Å². The molecule has 19 heavy (non-hydrogen) atoms. The van der Waals surface area contributed by atoms with Crippen LogP contribution < -0.4 is 4.74 Å². The van der Waals surface area contributed by atoms with Gasteiger partial charge in [-0.2, -0.15) is 4.98 Å². The average Bonchev–Trinajstić information content (AvgIpc) is 2.30. The molecule has 0 aliphatic rings. The van der Waals surface area contributed by atoms with E-state index in [9.17, 15) is 0 Å². The highest BCUT2D eigenvalue weighted by molar-refractivity contribution is 6.30.